The van der Waals surface area contributed by atoms with Gasteiger partial charge in [-0.05, 0) is 79.7 Å². The van der Waals surface area contributed by atoms with Crippen molar-refractivity contribution in [1.29, 1.82) is 0 Å². The summed E-state index contributed by atoms with van der Waals surface area (Å²) in [6.07, 6.45) is 1.83. The summed E-state index contributed by atoms with van der Waals surface area (Å²) in [5.74, 6) is 2.39. The molecule has 0 aliphatic heterocycles. The van der Waals surface area contributed by atoms with E-state index in [2.05, 4.69) is 11.4 Å². The maximum absolute atomic E-state index is 13.6. The summed E-state index contributed by atoms with van der Waals surface area (Å²) >= 11 is 1.60. The second kappa shape index (κ2) is 9.54. The van der Waals surface area contributed by atoms with Crippen LogP contribution in [0.25, 0.3) is 49.3 Å². The van der Waals surface area contributed by atoms with Crippen molar-refractivity contribution in [3.05, 3.63) is 63.8 Å². The minimum atomic E-state index is -0.430. The quantitative estimate of drug-likeness (QED) is 0.192. The van der Waals surface area contributed by atoms with E-state index in [4.69, 9.17) is 23.4 Å². The van der Waals surface area contributed by atoms with Crippen LogP contribution < -0.4 is 24.6 Å². The van der Waals surface area contributed by atoms with Gasteiger partial charge in [-0.25, -0.2) is 4.79 Å². The number of benzene rings is 2. The Labute approximate surface area is 229 Å². The van der Waals surface area contributed by atoms with E-state index in [1.807, 2.05) is 67.9 Å². The Bertz CT molecular complexity index is 1910. The van der Waals surface area contributed by atoms with Crippen molar-refractivity contribution in [3.63, 3.8) is 0 Å². The molecular formula is C31H29NO6S. The van der Waals surface area contributed by atoms with Gasteiger partial charge in [0.05, 0.1) is 31.9 Å². The van der Waals surface area contributed by atoms with Crippen LogP contribution in [0.3, 0.4) is 0 Å². The zero-order valence-corrected chi connectivity index (χ0v) is 23.5. The average molecular weight is 544 g/mol. The molecule has 0 aliphatic rings. The van der Waals surface area contributed by atoms with Gasteiger partial charge in [-0.15, -0.1) is 0 Å². The molecule has 0 saturated carbocycles. The first-order valence-corrected chi connectivity index (χ1v) is 13.7. The highest BCUT2D eigenvalue weighted by Gasteiger charge is 2.24. The van der Waals surface area contributed by atoms with Crippen LogP contribution in [0.5, 0.6) is 23.0 Å². The molecule has 39 heavy (non-hydrogen) atoms. The Balaban J connectivity index is 1.81. The van der Waals surface area contributed by atoms with E-state index in [0.717, 1.165) is 38.2 Å². The fourth-order valence-corrected chi connectivity index (χ4v) is 5.85. The van der Waals surface area contributed by atoms with Gasteiger partial charge in [-0.2, -0.15) is 11.3 Å². The molecule has 0 atom stereocenters. The molecular weight excluding hydrogens is 514 g/mol. The molecule has 6 rings (SSSR count). The minimum absolute atomic E-state index is 0.00659. The van der Waals surface area contributed by atoms with Crippen LogP contribution >= 0.6 is 11.3 Å². The van der Waals surface area contributed by atoms with Gasteiger partial charge in [0.1, 0.15) is 11.1 Å². The SMILES string of the molecule is COc1cc2c(ccn3c2c(-c2ccsc2)c2c4cc(OC)c(OC(C)C)cc4oc(=O)c23)cc1OC(C)C. The fourth-order valence-electron chi connectivity index (χ4n) is 5.21. The van der Waals surface area contributed by atoms with Gasteiger partial charge >= 0.3 is 5.63 Å². The second-order valence-electron chi connectivity index (χ2n) is 9.96. The average Bonchev–Trinajstić information content (AvgIpc) is 3.54. The lowest BCUT2D eigenvalue weighted by Crippen LogP contribution is -2.07. The molecule has 6 aromatic rings. The van der Waals surface area contributed by atoms with E-state index >= 15 is 0 Å². The third kappa shape index (κ3) is 4.06. The number of ether oxygens (including phenoxy) is 4. The van der Waals surface area contributed by atoms with E-state index in [9.17, 15) is 4.79 Å². The van der Waals surface area contributed by atoms with Gasteiger partial charge in [-0.3, -0.25) is 0 Å². The molecule has 2 aromatic carbocycles. The minimum Gasteiger partial charge on any atom is -0.493 e. The number of fused-ring (bicyclic) bond motifs is 7. The molecule has 0 bridgehead atoms. The van der Waals surface area contributed by atoms with Crippen molar-refractivity contribution >= 4 is 49.5 Å². The lowest BCUT2D eigenvalue weighted by atomic mass is 10.00. The highest BCUT2D eigenvalue weighted by atomic mass is 32.1. The number of thiophene rings is 1. The van der Waals surface area contributed by atoms with Crippen molar-refractivity contribution in [2.75, 3.05) is 14.2 Å². The number of methoxy groups -OCH3 is 2. The summed E-state index contributed by atoms with van der Waals surface area (Å²) in [7, 11) is 3.24. The maximum atomic E-state index is 13.6. The van der Waals surface area contributed by atoms with Crippen molar-refractivity contribution in [1.82, 2.24) is 4.40 Å². The summed E-state index contributed by atoms with van der Waals surface area (Å²) in [6.45, 7) is 7.85. The van der Waals surface area contributed by atoms with Gasteiger partial charge in [0, 0.05) is 34.0 Å². The lowest BCUT2D eigenvalue weighted by Gasteiger charge is -2.15. The monoisotopic (exact) mass is 543 g/mol. The van der Waals surface area contributed by atoms with E-state index in [1.165, 1.54) is 0 Å². The van der Waals surface area contributed by atoms with Crippen LogP contribution in [-0.4, -0.2) is 30.8 Å². The summed E-state index contributed by atoms with van der Waals surface area (Å²) in [5.41, 5.74) is 3.30. The number of aromatic nitrogens is 1. The molecule has 200 valence electrons. The highest BCUT2D eigenvalue weighted by molar-refractivity contribution is 7.08. The number of nitrogens with zero attached hydrogens (tertiary/aromatic N) is 1. The number of hydrogen-bond acceptors (Lipinski definition) is 7. The highest BCUT2D eigenvalue weighted by Crippen LogP contribution is 2.45. The van der Waals surface area contributed by atoms with Crippen LogP contribution in [0.2, 0.25) is 0 Å². The first kappa shape index (κ1) is 25.1. The van der Waals surface area contributed by atoms with Crippen LogP contribution in [0.1, 0.15) is 27.7 Å². The molecule has 0 fully saturated rings. The van der Waals surface area contributed by atoms with Crippen LogP contribution in [-0.2, 0) is 0 Å². The third-order valence-electron chi connectivity index (χ3n) is 6.67. The Kier molecular flexibility index (Phi) is 6.14. The molecule has 0 aliphatic carbocycles. The van der Waals surface area contributed by atoms with Crippen molar-refractivity contribution in [3.8, 4) is 34.1 Å². The lowest BCUT2D eigenvalue weighted by molar-refractivity contribution is 0.230. The predicted molar refractivity (Wildman–Crippen MR) is 156 cm³/mol. The first-order valence-electron chi connectivity index (χ1n) is 12.8. The standard InChI is InChI=1S/C31H29NO6S/c1-16(2)36-25-11-18-7-9-32-29(20(18)12-23(25)34-5)27(19-8-10-39-15-19)28-21-13-24(35-6)26(37-17(3)4)14-22(21)38-31(33)30(28)32/h7-17H,1-6H3. The summed E-state index contributed by atoms with van der Waals surface area (Å²) in [4.78, 5) is 13.6. The second-order valence-corrected chi connectivity index (χ2v) is 10.7. The van der Waals surface area contributed by atoms with Gasteiger partial charge in [-0.1, -0.05) is 0 Å². The Morgan fingerprint density at radius 2 is 1.49 bits per heavy atom. The van der Waals surface area contributed by atoms with E-state index in [0.29, 0.717) is 34.1 Å². The smallest absolute Gasteiger partial charge is 0.361 e. The molecule has 0 amide bonds. The topological polar surface area (TPSA) is 71.5 Å². The van der Waals surface area contributed by atoms with Crippen LogP contribution in [0.15, 0.2) is 62.6 Å². The Morgan fingerprint density at radius 1 is 0.821 bits per heavy atom. The van der Waals surface area contributed by atoms with Gasteiger partial charge in [0.15, 0.2) is 23.0 Å². The molecule has 0 spiro atoms. The zero-order chi connectivity index (χ0) is 27.4. The first-order chi connectivity index (χ1) is 18.8. The molecule has 4 heterocycles. The Hall–Kier alpha value is -4.17. The largest absolute Gasteiger partial charge is 0.493 e. The van der Waals surface area contributed by atoms with E-state index in [-0.39, 0.29) is 12.2 Å². The van der Waals surface area contributed by atoms with Gasteiger partial charge in [0.2, 0.25) is 0 Å². The van der Waals surface area contributed by atoms with Gasteiger partial charge < -0.3 is 27.8 Å². The molecule has 4 aromatic heterocycles. The van der Waals surface area contributed by atoms with E-state index in [1.54, 1.807) is 31.6 Å². The third-order valence-corrected chi connectivity index (χ3v) is 7.35. The Morgan fingerprint density at radius 3 is 2.10 bits per heavy atom. The van der Waals surface area contributed by atoms with Crippen LogP contribution in [0, 0.1) is 0 Å². The number of pyridine rings is 1. The summed E-state index contributed by atoms with van der Waals surface area (Å²) in [6, 6.07) is 11.7. The van der Waals surface area contributed by atoms with Crippen molar-refractivity contribution < 1.29 is 23.4 Å². The fraction of sp³-hybridized carbons (Fsp3) is 0.258. The normalized spacial score (nSPS) is 11.9. The van der Waals surface area contributed by atoms with Crippen molar-refractivity contribution in [2.24, 2.45) is 0 Å². The zero-order valence-electron chi connectivity index (χ0n) is 22.7. The number of rotatable bonds is 7. The molecule has 8 heteroatoms. The molecule has 0 N–H and O–H groups in total. The number of hydrogen-bond donors (Lipinski definition) is 0. The molecule has 0 radical (unpaired) electrons. The molecule has 0 saturated heterocycles. The summed E-state index contributed by atoms with van der Waals surface area (Å²) < 4.78 is 31.3. The van der Waals surface area contributed by atoms with Crippen LogP contribution in [0.4, 0.5) is 0 Å². The predicted octanol–water partition coefficient (Wildman–Crippen LogP) is 7.67. The summed E-state index contributed by atoms with van der Waals surface area (Å²) in [5, 5.41) is 7.59. The molecule has 0 unspecified atom stereocenters. The van der Waals surface area contributed by atoms with E-state index < -0.39 is 5.63 Å². The van der Waals surface area contributed by atoms with Gasteiger partial charge in [0.25, 0.3) is 0 Å². The molecule has 7 nitrogen and oxygen atoms in total. The maximum Gasteiger partial charge on any atom is 0.361 e. The van der Waals surface area contributed by atoms with Crippen molar-refractivity contribution in [2.45, 2.75) is 39.9 Å².